The molecule has 2 amide bonds. The number of urea groups is 1. The zero-order valence-electron chi connectivity index (χ0n) is 8.34. The fraction of sp³-hybridized carbons (Fsp3) is 0.889. The van der Waals surface area contributed by atoms with Crippen LogP contribution in [-0.2, 0) is 0 Å². The van der Waals surface area contributed by atoms with Crippen LogP contribution in [0.4, 0.5) is 4.79 Å². The summed E-state index contributed by atoms with van der Waals surface area (Å²) in [6.07, 6.45) is 7.70. The first kappa shape index (κ1) is 12.6. The van der Waals surface area contributed by atoms with Crippen LogP contribution in [0.1, 0.15) is 45.4 Å². The molecule has 0 aliphatic rings. The smallest absolute Gasteiger partial charge is 0.322 e. The van der Waals surface area contributed by atoms with Gasteiger partial charge in [-0.3, -0.25) is 4.72 Å². The first-order valence-corrected chi connectivity index (χ1v) is 5.93. The number of amides is 2. The summed E-state index contributed by atoms with van der Waals surface area (Å²) in [7, 11) is 0. The Morgan fingerprint density at radius 2 is 1.85 bits per heavy atom. The average Bonchev–Trinajstić information content (AvgIpc) is 2.09. The first-order chi connectivity index (χ1) is 6.27. The van der Waals surface area contributed by atoms with Gasteiger partial charge in [-0.2, -0.15) is 0 Å². The maximum absolute atomic E-state index is 10.3. The highest BCUT2D eigenvalue weighted by atomic mass is 32.2. The van der Waals surface area contributed by atoms with Crippen molar-refractivity contribution >= 4 is 18.0 Å². The third-order valence-electron chi connectivity index (χ3n) is 1.77. The normalized spacial score (nSPS) is 9.92. The molecular weight excluding hydrogens is 184 g/mol. The summed E-state index contributed by atoms with van der Waals surface area (Å²) in [5, 5.41) is 0. The molecule has 13 heavy (non-hydrogen) atoms. The van der Waals surface area contributed by atoms with E-state index in [1.807, 2.05) is 0 Å². The monoisotopic (exact) mass is 204 g/mol. The molecule has 0 aliphatic carbocycles. The lowest BCUT2D eigenvalue weighted by atomic mass is 10.1. The van der Waals surface area contributed by atoms with Gasteiger partial charge in [0.25, 0.3) is 0 Å². The molecule has 0 saturated heterocycles. The first-order valence-electron chi connectivity index (χ1n) is 4.94. The number of carbonyl (C=O) groups excluding carboxylic acids is 1. The van der Waals surface area contributed by atoms with E-state index in [1.165, 1.54) is 44.1 Å². The Morgan fingerprint density at radius 3 is 2.46 bits per heavy atom. The van der Waals surface area contributed by atoms with Crippen molar-refractivity contribution in [2.75, 3.05) is 5.75 Å². The van der Waals surface area contributed by atoms with Crippen LogP contribution in [0.2, 0.25) is 0 Å². The summed E-state index contributed by atoms with van der Waals surface area (Å²) in [5.41, 5.74) is 4.90. The highest BCUT2D eigenvalue weighted by Crippen LogP contribution is 2.07. The van der Waals surface area contributed by atoms with Gasteiger partial charge in [-0.1, -0.05) is 39.0 Å². The number of hydrogen-bond acceptors (Lipinski definition) is 2. The van der Waals surface area contributed by atoms with Crippen LogP contribution in [-0.4, -0.2) is 11.8 Å². The van der Waals surface area contributed by atoms with Gasteiger partial charge in [0.1, 0.15) is 0 Å². The van der Waals surface area contributed by atoms with Crippen molar-refractivity contribution in [3.63, 3.8) is 0 Å². The molecule has 0 saturated carbocycles. The van der Waals surface area contributed by atoms with Gasteiger partial charge in [0.15, 0.2) is 0 Å². The predicted molar refractivity (Wildman–Crippen MR) is 58.6 cm³/mol. The van der Waals surface area contributed by atoms with E-state index < -0.39 is 6.03 Å². The Bertz CT molecular complexity index is 131. The Labute approximate surface area is 85.0 Å². The van der Waals surface area contributed by atoms with E-state index in [2.05, 4.69) is 11.6 Å². The van der Waals surface area contributed by atoms with E-state index in [0.29, 0.717) is 0 Å². The van der Waals surface area contributed by atoms with Gasteiger partial charge in [-0.05, 0) is 18.4 Å². The molecule has 0 fully saturated rings. The van der Waals surface area contributed by atoms with Crippen LogP contribution in [0.5, 0.6) is 0 Å². The number of hydrogen-bond donors (Lipinski definition) is 2. The largest absolute Gasteiger partial charge is 0.351 e. The van der Waals surface area contributed by atoms with E-state index in [4.69, 9.17) is 5.73 Å². The molecule has 0 aromatic heterocycles. The molecule has 0 spiro atoms. The lowest BCUT2D eigenvalue weighted by molar-refractivity contribution is 0.254. The fourth-order valence-corrected chi connectivity index (χ4v) is 1.67. The van der Waals surface area contributed by atoms with Gasteiger partial charge in [-0.25, -0.2) is 4.79 Å². The van der Waals surface area contributed by atoms with Crippen LogP contribution in [0.25, 0.3) is 0 Å². The molecule has 0 aromatic carbocycles. The number of rotatable bonds is 8. The second kappa shape index (κ2) is 9.71. The van der Waals surface area contributed by atoms with Gasteiger partial charge in [0.2, 0.25) is 0 Å². The Hall–Kier alpha value is -0.380. The standard InChI is InChI=1S/C9H20N2OS/c1-2-3-4-5-6-7-8-13-11-9(10)12/h2-8H2,1H3,(H3,10,11,12). The zero-order valence-corrected chi connectivity index (χ0v) is 9.16. The quantitative estimate of drug-likeness (QED) is 0.472. The van der Waals surface area contributed by atoms with Crippen molar-refractivity contribution in [2.45, 2.75) is 45.4 Å². The number of unbranched alkanes of at least 4 members (excludes halogenated alkanes) is 5. The second-order valence-electron chi connectivity index (χ2n) is 3.08. The SMILES string of the molecule is CCCCCCCCSNC(N)=O. The highest BCUT2D eigenvalue weighted by Gasteiger charge is 1.92. The van der Waals surface area contributed by atoms with Crippen molar-refractivity contribution < 1.29 is 4.79 Å². The molecule has 0 radical (unpaired) electrons. The molecule has 0 atom stereocenters. The van der Waals surface area contributed by atoms with Gasteiger partial charge in [0.05, 0.1) is 0 Å². The highest BCUT2D eigenvalue weighted by molar-refractivity contribution is 7.97. The molecule has 0 aliphatic heterocycles. The molecule has 78 valence electrons. The molecule has 0 heterocycles. The maximum Gasteiger partial charge on any atom is 0.322 e. The lowest BCUT2D eigenvalue weighted by Crippen LogP contribution is -2.23. The summed E-state index contributed by atoms with van der Waals surface area (Å²) in [4.78, 5) is 10.3. The molecule has 0 rings (SSSR count). The number of nitrogens with two attached hydrogens (primary N) is 1. The van der Waals surface area contributed by atoms with Crippen LogP contribution in [0.15, 0.2) is 0 Å². The third kappa shape index (κ3) is 11.6. The van der Waals surface area contributed by atoms with Crippen LogP contribution < -0.4 is 10.5 Å². The zero-order chi connectivity index (χ0) is 9.94. The van der Waals surface area contributed by atoms with E-state index in [-0.39, 0.29) is 0 Å². The molecule has 0 unspecified atom stereocenters. The van der Waals surface area contributed by atoms with Gasteiger partial charge < -0.3 is 5.73 Å². The molecule has 3 N–H and O–H groups in total. The molecule has 0 aromatic rings. The summed E-state index contributed by atoms with van der Waals surface area (Å²) in [6, 6.07) is -0.448. The van der Waals surface area contributed by atoms with Gasteiger partial charge in [0, 0.05) is 5.75 Å². The molecule has 3 nitrogen and oxygen atoms in total. The summed E-state index contributed by atoms with van der Waals surface area (Å²) < 4.78 is 2.50. The Balaban J connectivity index is 2.87. The minimum absolute atomic E-state index is 0.448. The number of nitrogens with one attached hydrogen (secondary N) is 1. The topological polar surface area (TPSA) is 55.1 Å². The lowest BCUT2D eigenvalue weighted by Gasteiger charge is -2.00. The second-order valence-corrected chi connectivity index (χ2v) is 3.98. The maximum atomic E-state index is 10.3. The van der Waals surface area contributed by atoms with Gasteiger partial charge in [-0.15, -0.1) is 0 Å². The minimum atomic E-state index is -0.448. The van der Waals surface area contributed by atoms with Crippen molar-refractivity contribution in [2.24, 2.45) is 5.73 Å². The summed E-state index contributed by atoms with van der Waals surface area (Å²) >= 11 is 1.40. The van der Waals surface area contributed by atoms with E-state index in [1.54, 1.807) is 0 Å². The van der Waals surface area contributed by atoms with Crippen molar-refractivity contribution in [1.29, 1.82) is 0 Å². The molecular formula is C9H20N2OS. The van der Waals surface area contributed by atoms with Crippen molar-refractivity contribution in [3.8, 4) is 0 Å². The molecule has 4 heteroatoms. The third-order valence-corrected chi connectivity index (χ3v) is 2.61. The number of carbonyl (C=O) groups is 1. The summed E-state index contributed by atoms with van der Waals surface area (Å²) in [6.45, 7) is 2.21. The van der Waals surface area contributed by atoms with Crippen LogP contribution >= 0.6 is 11.9 Å². The van der Waals surface area contributed by atoms with Crippen LogP contribution in [0.3, 0.4) is 0 Å². The van der Waals surface area contributed by atoms with E-state index in [0.717, 1.165) is 12.2 Å². The predicted octanol–water partition coefficient (Wildman–Crippen LogP) is 2.66. The molecule has 0 bridgehead atoms. The number of primary amides is 1. The van der Waals surface area contributed by atoms with E-state index >= 15 is 0 Å². The minimum Gasteiger partial charge on any atom is -0.351 e. The Kier molecular flexibility index (Phi) is 9.42. The van der Waals surface area contributed by atoms with Crippen LogP contribution in [0, 0.1) is 0 Å². The van der Waals surface area contributed by atoms with Crippen molar-refractivity contribution in [1.82, 2.24) is 4.72 Å². The van der Waals surface area contributed by atoms with Gasteiger partial charge >= 0.3 is 6.03 Å². The van der Waals surface area contributed by atoms with Crippen molar-refractivity contribution in [3.05, 3.63) is 0 Å². The fourth-order valence-electron chi connectivity index (χ4n) is 1.08. The average molecular weight is 204 g/mol. The van der Waals surface area contributed by atoms with E-state index in [9.17, 15) is 4.79 Å². The Morgan fingerprint density at radius 1 is 1.23 bits per heavy atom. The summed E-state index contributed by atoms with van der Waals surface area (Å²) in [5.74, 6) is 0.967.